The Morgan fingerprint density at radius 1 is 1.69 bits per heavy atom. The summed E-state index contributed by atoms with van der Waals surface area (Å²) in [6.07, 6.45) is 3.29. The van der Waals surface area contributed by atoms with Crippen LogP contribution in [0.1, 0.15) is 10.4 Å². The van der Waals surface area contributed by atoms with Gasteiger partial charge in [-0.15, -0.1) is 0 Å². The highest BCUT2D eigenvalue weighted by molar-refractivity contribution is 5.93. The molecule has 1 aliphatic rings. The van der Waals surface area contributed by atoms with E-state index in [-0.39, 0.29) is 18.1 Å². The van der Waals surface area contributed by atoms with Crippen LogP contribution in [0.5, 0.6) is 0 Å². The number of hydrogen-bond acceptors (Lipinski definition) is 4. The van der Waals surface area contributed by atoms with Gasteiger partial charge in [-0.25, -0.2) is 0 Å². The van der Waals surface area contributed by atoms with Gasteiger partial charge in [-0.3, -0.25) is 9.48 Å². The van der Waals surface area contributed by atoms with Crippen molar-refractivity contribution in [1.82, 2.24) is 20.4 Å². The Morgan fingerprint density at radius 3 is 3.12 bits per heavy atom. The van der Waals surface area contributed by atoms with Crippen molar-refractivity contribution < 1.29 is 9.53 Å². The topological polar surface area (TPSA) is 68.2 Å². The van der Waals surface area contributed by atoms with Gasteiger partial charge in [0, 0.05) is 33.4 Å². The highest BCUT2D eigenvalue weighted by Crippen LogP contribution is 2.05. The Hall–Kier alpha value is -1.40. The van der Waals surface area contributed by atoms with Crippen molar-refractivity contribution in [2.75, 3.05) is 20.2 Å². The van der Waals surface area contributed by atoms with Crippen LogP contribution >= 0.6 is 0 Å². The van der Waals surface area contributed by atoms with Gasteiger partial charge < -0.3 is 15.4 Å². The summed E-state index contributed by atoms with van der Waals surface area (Å²) in [6.45, 7) is 1.51. The van der Waals surface area contributed by atoms with E-state index in [0.29, 0.717) is 5.56 Å². The van der Waals surface area contributed by atoms with Crippen molar-refractivity contribution in [3.63, 3.8) is 0 Å². The molecule has 1 unspecified atom stereocenters. The summed E-state index contributed by atoms with van der Waals surface area (Å²) in [5.41, 5.74) is 0.573. The van der Waals surface area contributed by atoms with Crippen molar-refractivity contribution in [2.45, 2.75) is 12.1 Å². The van der Waals surface area contributed by atoms with E-state index in [1.807, 2.05) is 0 Å². The number of nitrogens with one attached hydrogen (secondary N) is 2. The van der Waals surface area contributed by atoms with E-state index in [1.54, 1.807) is 31.2 Å². The van der Waals surface area contributed by atoms with Gasteiger partial charge in [-0.05, 0) is 0 Å². The second-order valence-electron chi connectivity index (χ2n) is 3.92. The summed E-state index contributed by atoms with van der Waals surface area (Å²) in [7, 11) is 3.44. The first-order chi connectivity index (χ1) is 7.70. The van der Waals surface area contributed by atoms with Crippen molar-refractivity contribution in [3.8, 4) is 0 Å². The van der Waals surface area contributed by atoms with Crippen molar-refractivity contribution in [3.05, 3.63) is 18.0 Å². The van der Waals surface area contributed by atoms with Crippen molar-refractivity contribution >= 4 is 5.91 Å². The van der Waals surface area contributed by atoms with Gasteiger partial charge in [0.05, 0.1) is 23.9 Å². The van der Waals surface area contributed by atoms with Gasteiger partial charge in [-0.1, -0.05) is 0 Å². The fraction of sp³-hybridized carbons (Fsp3) is 0.600. The highest BCUT2D eigenvalue weighted by Gasteiger charge is 2.28. The molecule has 88 valence electrons. The SMILES string of the molecule is CO[C@H]1CNCC1NC(=O)c1cnn(C)c1. The molecule has 1 saturated heterocycles. The zero-order valence-corrected chi connectivity index (χ0v) is 9.43. The monoisotopic (exact) mass is 224 g/mol. The molecule has 2 heterocycles. The summed E-state index contributed by atoms with van der Waals surface area (Å²) in [6, 6.07) is 0.0257. The average Bonchev–Trinajstić information content (AvgIpc) is 2.86. The van der Waals surface area contributed by atoms with E-state index in [9.17, 15) is 4.79 Å². The normalized spacial score (nSPS) is 24.6. The molecule has 6 heteroatoms. The van der Waals surface area contributed by atoms with Gasteiger partial charge in [0.15, 0.2) is 0 Å². The van der Waals surface area contributed by atoms with Crippen molar-refractivity contribution in [2.24, 2.45) is 7.05 Å². The number of amides is 1. The molecule has 1 amide bonds. The van der Waals surface area contributed by atoms with E-state index in [1.165, 1.54) is 0 Å². The number of carbonyl (C=O) groups excluding carboxylic acids is 1. The summed E-state index contributed by atoms with van der Waals surface area (Å²) in [5.74, 6) is -0.108. The molecule has 0 radical (unpaired) electrons. The van der Waals surface area contributed by atoms with Crippen LogP contribution in [0.4, 0.5) is 0 Å². The fourth-order valence-electron chi connectivity index (χ4n) is 1.84. The lowest BCUT2D eigenvalue weighted by molar-refractivity contribution is 0.0780. The molecule has 2 N–H and O–H groups in total. The largest absolute Gasteiger partial charge is 0.378 e. The summed E-state index contributed by atoms with van der Waals surface area (Å²) < 4.78 is 6.87. The number of hydrogen-bond donors (Lipinski definition) is 2. The Bertz CT molecular complexity index is 377. The average molecular weight is 224 g/mol. The summed E-state index contributed by atoms with van der Waals surface area (Å²) in [5, 5.41) is 10.1. The van der Waals surface area contributed by atoms with Crippen LogP contribution in [0.25, 0.3) is 0 Å². The maximum atomic E-state index is 11.8. The van der Waals surface area contributed by atoms with E-state index >= 15 is 0 Å². The quantitative estimate of drug-likeness (QED) is 0.701. The zero-order chi connectivity index (χ0) is 11.5. The van der Waals surface area contributed by atoms with Gasteiger partial charge in [0.25, 0.3) is 5.91 Å². The first kappa shape index (κ1) is 11.1. The Morgan fingerprint density at radius 2 is 2.50 bits per heavy atom. The van der Waals surface area contributed by atoms with Crippen LogP contribution < -0.4 is 10.6 Å². The van der Waals surface area contributed by atoms with Gasteiger partial charge in [0.2, 0.25) is 0 Å². The molecule has 0 aliphatic carbocycles. The number of aromatic nitrogens is 2. The number of methoxy groups -OCH3 is 1. The lowest BCUT2D eigenvalue weighted by atomic mass is 10.2. The molecule has 0 spiro atoms. The maximum absolute atomic E-state index is 11.8. The molecule has 2 rings (SSSR count). The smallest absolute Gasteiger partial charge is 0.254 e. The van der Waals surface area contributed by atoms with Crippen LogP contribution in [-0.2, 0) is 11.8 Å². The van der Waals surface area contributed by atoms with E-state index in [2.05, 4.69) is 15.7 Å². The summed E-state index contributed by atoms with van der Waals surface area (Å²) >= 11 is 0. The summed E-state index contributed by atoms with van der Waals surface area (Å²) in [4.78, 5) is 11.8. The Labute approximate surface area is 94.0 Å². The minimum atomic E-state index is -0.108. The molecular weight excluding hydrogens is 208 g/mol. The number of ether oxygens (including phenoxy) is 1. The number of carbonyl (C=O) groups is 1. The molecule has 0 aromatic carbocycles. The number of nitrogens with zero attached hydrogens (tertiary/aromatic N) is 2. The lowest BCUT2D eigenvalue weighted by Crippen LogP contribution is -2.43. The van der Waals surface area contributed by atoms with E-state index in [4.69, 9.17) is 4.74 Å². The molecule has 16 heavy (non-hydrogen) atoms. The second kappa shape index (κ2) is 4.63. The Balaban J connectivity index is 1.97. The second-order valence-corrected chi connectivity index (χ2v) is 3.92. The molecule has 2 atom stereocenters. The first-order valence-corrected chi connectivity index (χ1v) is 5.23. The number of aryl methyl sites for hydroxylation is 1. The molecule has 0 saturated carbocycles. The van der Waals surface area contributed by atoms with Gasteiger partial charge >= 0.3 is 0 Å². The Kier molecular flexibility index (Phi) is 3.21. The lowest BCUT2D eigenvalue weighted by Gasteiger charge is -2.17. The van der Waals surface area contributed by atoms with Crippen LogP contribution in [0.3, 0.4) is 0 Å². The maximum Gasteiger partial charge on any atom is 0.254 e. The van der Waals surface area contributed by atoms with Crippen LogP contribution in [0.15, 0.2) is 12.4 Å². The van der Waals surface area contributed by atoms with Gasteiger partial charge in [0.1, 0.15) is 0 Å². The molecule has 0 bridgehead atoms. The molecule has 1 aliphatic heterocycles. The molecule has 1 fully saturated rings. The third-order valence-electron chi connectivity index (χ3n) is 2.74. The van der Waals surface area contributed by atoms with Crippen LogP contribution in [-0.4, -0.2) is 48.0 Å². The van der Waals surface area contributed by atoms with Crippen LogP contribution in [0.2, 0.25) is 0 Å². The molecule has 1 aromatic heterocycles. The fourth-order valence-corrected chi connectivity index (χ4v) is 1.84. The standard InChI is InChI=1S/C10H16N4O2/c1-14-6-7(3-12-14)10(15)13-8-4-11-5-9(8)16-2/h3,6,8-9,11H,4-5H2,1-2H3,(H,13,15)/t8?,9-/m0/s1. The highest BCUT2D eigenvalue weighted by atomic mass is 16.5. The predicted octanol–water partition coefficient (Wildman–Crippen LogP) is -0.863. The molecular formula is C10H16N4O2. The molecule has 6 nitrogen and oxygen atoms in total. The third kappa shape index (κ3) is 2.23. The van der Waals surface area contributed by atoms with Crippen molar-refractivity contribution in [1.29, 1.82) is 0 Å². The third-order valence-corrected chi connectivity index (χ3v) is 2.74. The zero-order valence-electron chi connectivity index (χ0n) is 9.43. The predicted molar refractivity (Wildman–Crippen MR) is 58.1 cm³/mol. The number of rotatable bonds is 3. The minimum Gasteiger partial charge on any atom is -0.378 e. The minimum absolute atomic E-state index is 0.0257. The first-order valence-electron chi connectivity index (χ1n) is 5.23. The van der Waals surface area contributed by atoms with Gasteiger partial charge in [-0.2, -0.15) is 5.10 Å². The van der Waals surface area contributed by atoms with E-state index in [0.717, 1.165) is 13.1 Å². The molecule has 1 aromatic rings. The van der Waals surface area contributed by atoms with Crippen LogP contribution in [0, 0.1) is 0 Å². The van der Waals surface area contributed by atoms with E-state index < -0.39 is 0 Å².